The highest BCUT2D eigenvalue weighted by atomic mass is 35.5. The average molecular weight is 258 g/mol. The summed E-state index contributed by atoms with van der Waals surface area (Å²) in [6.07, 6.45) is 2.11. The van der Waals surface area contributed by atoms with Gasteiger partial charge in [0, 0.05) is 11.1 Å². The van der Waals surface area contributed by atoms with Crippen LogP contribution in [0.2, 0.25) is 5.02 Å². The molecule has 1 aromatic carbocycles. The molecule has 0 aromatic heterocycles. The fourth-order valence-electron chi connectivity index (χ4n) is 2.26. The summed E-state index contributed by atoms with van der Waals surface area (Å²) in [7, 11) is 0. The summed E-state index contributed by atoms with van der Waals surface area (Å²) in [4.78, 5) is 0. The van der Waals surface area contributed by atoms with Gasteiger partial charge in [-0.1, -0.05) is 45.2 Å². The Morgan fingerprint density at radius 3 is 2.41 bits per heavy atom. The van der Waals surface area contributed by atoms with E-state index in [2.05, 4.69) is 26.1 Å². The molecule has 0 aliphatic carbocycles. The third-order valence-electron chi connectivity index (χ3n) is 3.24. The van der Waals surface area contributed by atoms with Gasteiger partial charge in [0.15, 0.2) is 0 Å². The van der Waals surface area contributed by atoms with Gasteiger partial charge in [-0.05, 0) is 36.2 Å². The van der Waals surface area contributed by atoms with E-state index in [9.17, 15) is 4.39 Å². The zero-order valence-electron chi connectivity index (χ0n) is 10.8. The highest BCUT2D eigenvalue weighted by Crippen LogP contribution is 2.32. The van der Waals surface area contributed by atoms with Crippen molar-refractivity contribution in [2.45, 2.75) is 39.7 Å². The Morgan fingerprint density at radius 2 is 1.88 bits per heavy atom. The maximum Gasteiger partial charge on any atom is 0.123 e. The highest BCUT2D eigenvalue weighted by Gasteiger charge is 2.22. The average Bonchev–Trinajstić information content (AvgIpc) is 2.33. The van der Waals surface area contributed by atoms with Crippen molar-refractivity contribution in [2.75, 3.05) is 6.54 Å². The first-order valence-electron chi connectivity index (χ1n) is 6.32. The molecular weight excluding hydrogens is 237 g/mol. The van der Waals surface area contributed by atoms with E-state index in [1.807, 2.05) is 0 Å². The van der Waals surface area contributed by atoms with E-state index in [1.54, 1.807) is 12.1 Å². The maximum absolute atomic E-state index is 13.3. The molecule has 0 spiro atoms. The quantitative estimate of drug-likeness (QED) is 0.787. The van der Waals surface area contributed by atoms with Crippen LogP contribution >= 0.6 is 11.6 Å². The second-order valence-electron chi connectivity index (χ2n) is 4.28. The smallest absolute Gasteiger partial charge is 0.123 e. The summed E-state index contributed by atoms with van der Waals surface area (Å²) in [6, 6.07) is 4.73. The predicted molar refractivity (Wildman–Crippen MR) is 71.9 cm³/mol. The largest absolute Gasteiger partial charge is 0.310 e. The third-order valence-corrected chi connectivity index (χ3v) is 3.58. The molecule has 1 nitrogen and oxygen atoms in total. The topological polar surface area (TPSA) is 12.0 Å². The number of hydrogen-bond acceptors (Lipinski definition) is 1. The van der Waals surface area contributed by atoms with Gasteiger partial charge in [0.2, 0.25) is 0 Å². The van der Waals surface area contributed by atoms with Gasteiger partial charge < -0.3 is 5.32 Å². The molecule has 1 unspecified atom stereocenters. The van der Waals surface area contributed by atoms with E-state index < -0.39 is 0 Å². The summed E-state index contributed by atoms with van der Waals surface area (Å²) in [5.74, 6) is 0.257. The van der Waals surface area contributed by atoms with Crippen LogP contribution in [0.3, 0.4) is 0 Å². The summed E-state index contributed by atoms with van der Waals surface area (Å²) in [6.45, 7) is 7.23. The molecule has 3 heteroatoms. The first-order chi connectivity index (χ1) is 8.13. The Hall–Kier alpha value is -0.600. The van der Waals surface area contributed by atoms with Gasteiger partial charge in [-0.15, -0.1) is 0 Å². The monoisotopic (exact) mass is 257 g/mol. The lowest BCUT2D eigenvalue weighted by atomic mass is 9.88. The molecular formula is C14H21ClFN. The van der Waals surface area contributed by atoms with Crippen LogP contribution in [0.5, 0.6) is 0 Å². The number of nitrogens with one attached hydrogen (secondary N) is 1. The molecule has 0 radical (unpaired) electrons. The molecule has 1 rings (SSSR count). The Balaban J connectivity index is 3.07. The Kier molecular flexibility index (Phi) is 5.93. The first-order valence-corrected chi connectivity index (χ1v) is 6.70. The van der Waals surface area contributed by atoms with Gasteiger partial charge in [-0.2, -0.15) is 0 Å². The van der Waals surface area contributed by atoms with Gasteiger partial charge in [0.25, 0.3) is 0 Å². The summed E-state index contributed by atoms with van der Waals surface area (Å²) >= 11 is 6.18. The van der Waals surface area contributed by atoms with Crippen molar-refractivity contribution in [3.8, 4) is 0 Å². The summed E-state index contributed by atoms with van der Waals surface area (Å²) in [5, 5.41) is 4.06. The van der Waals surface area contributed by atoms with Crippen molar-refractivity contribution < 1.29 is 4.39 Å². The van der Waals surface area contributed by atoms with Crippen LogP contribution in [0.25, 0.3) is 0 Å². The fourth-order valence-corrected chi connectivity index (χ4v) is 2.50. The second-order valence-corrected chi connectivity index (χ2v) is 4.68. The zero-order valence-corrected chi connectivity index (χ0v) is 11.5. The van der Waals surface area contributed by atoms with E-state index in [4.69, 9.17) is 11.6 Å². The van der Waals surface area contributed by atoms with Crippen molar-refractivity contribution >= 4 is 11.6 Å². The lowest BCUT2D eigenvalue weighted by Gasteiger charge is -2.27. The molecule has 0 aliphatic rings. The van der Waals surface area contributed by atoms with Crippen LogP contribution in [-0.2, 0) is 0 Å². The molecule has 1 N–H and O–H groups in total. The van der Waals surface area contributed by atoms with Gasteiger partial charge in [0.1, 0.15) is 5.82 Å². The first kappa shape index (κ1) is 14.5. The lowest BCUT2D eigenvalue weighted by molar-refractivity contribution is 0.346. The van der Waals surface area contributed by atoms with E-state index in [1.165, 1.54) is 6.07 Å². The molecule has 0 fully saturated rings. The third kappa shape index (κ3) is 3.68. The van der Waals surface area contributed by atoms with E-state index in [-0.39, 0.29) is 11.9 Å². The number of benzene rings is 1. The molecule has 1 aromatic rings. The van der Waals surface area contributed by atoms with Crippen LogP contribution < -0.4 is 5.32 Å². The van der Waals surface area contributed by atoms with E-state index in [0.29, 0.717) is 10.9 Å². The summed E-state index contributed by atoms with van der Waals surface area (Å²) in [5.41, 5.74) is 0.877. The maximum atomic E-state index is 13.3. The van der Waals surface area contributed by atoms with Gasteiger partial charge in [-0.25, -0.2) is 4.39 Å². The van der Waals surface area contributed by atoms with Crippen molar-refractivity contribution in [1.82, 2.24) is 5.32 Å². The standard InChI is InChI=1S/C14H21ClFN/c1-4-10(5-2)14(17-6-3)12-9-11(16)7-8-13(12)15/h7-10,14,17H,4-6H2,1-3H3. The number of halogens is 2. The fraction of sp³-hybridized carbons (Fsp3) is 0.571. The minimum absolute atomic E-state index is 0.137. The molecule has 0 aliphatic heterocycles. The molecule has 0 saturated carbocycles. The number of hydrogen-bond donors (Lipinski definition) is 1. The molecule has 1 atom stereocenters. The van der Waals surface area contributed by atoms with Crippen molar-refractivity contribution in [2.24, 2.45) is 5.92 Å². The van der Waals surface area contributed by atoms with Crippen LogP contribution in [0.1, 0.15) is 45.2 Å². The minimum atomic E-state index is -0.224. The Labute approximate surface area is 108 Å². The molecule has 0 saturated heterocycles. The van der Waals surface area contributed by atoms with Crippen LogP contribution in [0.4, 0.5) is 4.39 Å². The van der Waals surface area contributed by atoms with Crippen LogP contribution in [0, 0.1) is 11.7 Å². The Morgan fingerprint density at radius 1 is 1.24 bits per heavy atom. The van der Waals surface area contributed by atoms with Crippen molar-refractivity contribution in [1.29, 1.82) is 0 Å². The Bertz CT molecular complexity index is 350. The number of rotatable bonds is 6. The molecule has 0 heterocycles. The molecule has 96 valence electrons. The predicted octanol–water partition coefficient (Wildman–Crippen LogP) is 4.57. The van der Waals surface area contributed by atoms with Crippen LogP contribution in [-0.4, -0.2) is 6.54 Å². The van der Waals surface area contributed by atoms with Gasteiger partial charge in [0.05, 0.1) is 0 Å². The minimum Gasteiger partial charge on any atom is -0.310 e. The SMILES string of the molecule is CCNC(c1cc(F)ccc1Cl)C(CC)CC. The van der Waals surface area contributed by atoms with E-state index >= 15 is 0 Å². The second kappa shape index (κ2) is 6.97. The lowest BCUT2D eigenvalue weighted by Crippen LogP contribution is -2.28. The van der Waals surface area contributed by atoms with E-state index in [0.717, 1.165) is 24.9 Å². The van der Waals surface area contributed by atoms with Crippen molar-refractivity contribution in [3.63, 3.8) is 0 Å². The highest BCUT2D eigenvalue weighted by molar-refractivity contribution is 6.31. The molecule has 0 amide bonds. The summed E-state index contributed by atoms with van der Waals surface area (Å²) < 4.78 is 13.3. The van der Waals surface area contributed by atoms with Crippen LogP contribution in [0.15, 0.2) is 18.2 Å². The van der Waals surface area contributed by atoms with Gasteiger partial charge >= 0.3 is 0 Å². The van der Waals surface area contributed by atoms with Crippen molar-refractivity contribution in [3.05, 3.63) is 34.6 Å². The van der Waals surface area contributed by atoms with Gasteiger partial charge in [-0.3, -0.25) is 0 Å². The zero-order chi connectivity index (χ0) is 12.8. The normalized spacial score (nSPS) is 13.1. The molecule has 0 bridgehead atoms. The molecule has 17 heavy (non-hydrogen) atoms.